The van der Waals surface area contributed by atoms with E-state index in [-0.39, 0.29) is 49.3 Å². The van der Waals surface area contributed by atoms with Gasteiger partial charge in [-0.25, -0.2) is 17.2 Å². The van der Waals surface area contributed by atoms with Crippen molar-refractivity contribution in [2.75, 3.05) is 13.6 Å². The summed E-state index contributed by atoms with van der Waals surface area (Å²) in [6, 6.07) is 2.71. The number of benzene rings is 1. The summed E-state index contributed by atoms with van der Waals surface area (Å²) in [6.45, 7) is 2.92. The van der Waals surface area contributed by atoms with Crippen LogP contribution < -0.4 is 4.74 Å². The number of sulfonamides is 1. The van der Waals surface area contributed by atoms with Gasteiger partial charge in [0, 0.05) is 32.5 Å². The smallest absolute Gasteiger partial charge is 0.392 e. The molecule has 3 rings (SSSR count). The van der Waals surface area contributed by atoms with E-state index >= 15 is 0 Å². The highest BCUT2D eigenvalue weighted by atomic mass is 32.2. The first-order valence-electron chi connectivity index (χ1n) is 11.6. The fourth-order valence-corrected chi connectivity index (χ4v) is 6.49. The molecule has 2 fully saturated rings. The average Bonchev–Trinajstić information content (AvgIpc) is 3.22. The zero-order chi connectivity index (χ0) is 26.2. The van der Waals surface area contributed by atoms with Gasteiger partial charge in [-0.2, -0.15) is 17.5 Å². The van der Waals surface area contributed by atoms with Crippen molar-refractivity contribution in [2.24, 2.45) is 0 Å². The molecule has 0 spiro atoms. The molecule has 1 aromatic carbocycles. The molecule has 2 aliphatic rings. The second kappa shape index (κ2) is 10.2. The molecule has 6 nitrogen and oxygen atoms in total. The van der Waals surface area contributed by atoms with Crippen molar-refractivity contribution in [1.82, 2.24) is 9.21 Å². The van der Waals surface area contributed by atoms with Crippen LogP contribution in [-0.2, 0) is 14.8 Å². The fraction of sp³-hybridized carbons (Fsp3) is 0.696. The molecule has 1 aromatic rings. The van der Waals surface area contributed by atoms with Gasteiger partial charge in [0.2, 0.25) is 21.9 Å². The Bertz CT molecular complexity index is 1020. The Kier molecular flexibility index (Phi) is 8.05. The third-order valence-electron chi connectivity index (χ3n) is 6.60. The van der Waals surface area contributed by atoms with Crippen molar-refractivity contribution >= 4 is 15.9 Å². The minimum absolute atomic E-state index is 0.0563. The standard InChI is InChI=1S/C23H31F5N2O4S/c1-15-6-7-20(19(13-15)34-16(2)14-23(26,27)28)35(32,33)30-12-4-5-18(30)21(31)29(3)17-8-10-22(24,25)11-9-17/h6-7,13,16-18H,4-5,8-12,14H2,1-3H3/t16?,18-/m0/s1. The molecule has 0 N–H and O–H groups in total. The van der Waals surface area contributed by atoms with Crippen LogP contribution in [0.25, 0.3) is 0 Å². The van der Waals surface area contributed by atoms with Crippen molar-refractivity contribution in [2.45, 2.75) is 94.0 Å². The molecule has 1 unspecified atom stereocenters. The Hall–Kier alpha value is -1.95. The van der Waals surface area contributed by atoms with E-state index in [4.69, 9.17) is 4.74 Å². The average molecular weight is 527 g/mol. The molecule has 12 heteroatoms. The molecule has 2 atom stereocenters. The van der Waals surface area contributed by atoms with Crippen LogP contribution in [0.4, 0.5) is 22.0 Å². The van der Waals surface area contributed by atoms with Crippen molar-refractivity contribution in [3.63, 3.8) is 0 Å². The maximum absolute atomic E-state index is 13.6. The van der Waals surface area contributed by atoms with E-state index in [0.717, 1.165) is 4.31 Å². The van der Waals surface area contributed by atoms with E-state index in [0.29, 0.717) is 12.0 Å². The van der Waals surface area contributed by atoms with Crippen molar-refractivity contribution in [3.8, 4) is 5.75 Å². The molecule has 1 aliphatic carbocycles. The van der Waals surface area contributed by atoms with E-state index in [9.17, 15) is 35.2 Å². The van der Waals surface area contributed by atoms with Gasteiger partial charge in [-0.05, 0) is 57.2 Å². The van der Waals surface area contributed by atoms with Crippen molar-refractivity contribution in [1.29, 1.82) is 0 Å². The lowest BCUT2D eigenvalue weighted by Gasteiger charge is -2.37. The number of hydrogen-bond donors (Lipinski definition) is 0. The second-order valence-corrected chi connectivity index (χ2v) is 11.4. The summed E-state index contributed by atoms with van der Waals surface area (Å²) in [6.07, 6.45) is -6.79. The van der Waals surface area contributed by atoms with Crippen LogP contribution in [0.2, 0.25) is 0 Å². The number of hydrogen-bond acceptors (Lipinski definition) is 4. The first kappa shape index (κ1) is 27.6. The van der Waals surface area contributed by atoms with Crippen LogP contribution in [0, 0.1) is 6.92 Å². The van der Waals surface area contributed by atoms with E-state index in [1.54, 1.807) is 6.92 Å². The van der Waals surface area contributed by atoms with Gasteiger partial charge < -0.3 is 9.64 Å². The molecule has 1 saturated heterocycles. The number of likely N-dealkylation sites (N-methyl/N-ethyl adjacent to an activating group) is 1. The lowest BCUT2D eigenvalue weighted by Crippen LogP contribution is -2.50. The zero-order valence-corrected chi connectivity index (χ0v) is 20.8. The first-order valence-corrected chi connectivity index (χ1v) is 13.1. The highest BCUT2D eigenvalue weighted by molar-refractivity contribution is 7.89. The molecule has 0 bridgehead atoms. The SMILES string of the molecule is Cc1ccc(S(=O)(=O)N2CCC[C@H]2C(=O)N(C)C2CCC(F)(F)CC2)c(OC(C)CC(F)(F)F)c1. The molecule has 0 aromatic heterocycles. The quantitative estimate of drug-likeness (QED) is 0.474. The monoisotopic (exact) mass is 526 g/mol. The van der Waals surface area contributed by atoms with E-state index in [1.807, 2.05) is 0 Å². The highest BCUT2D eigenvalue weighted by Gasteiger charge is 2.44. The zero-order valence-electron chi connectivity index (χ0n) is 19.9. The third kappa shape index (κ3) is 6.63. The molecule has 1 aliphatic heterocycles. The van der Waals surface area contributed by atoms with Crippen LogP contribution in [0.5, 0.6) is 5.75 Å². The van der Waals surface area contributed by atoms with Gasteiger partial charge in [-0.3, -0.25) is 4.79 Å². The molecule has 1 saturated carbocycles. The van der Waals surface area contributed by atoms with Gasteiger partial charge >= 0.3 is 6.18 Å². The summed E-state index contributed by atoms with van der Waals surface area (Å²) in [5, 5.41) is 0. The lowest BCUT2D eigenvalue weighted by molar-refractivity contribution is -0.149. The van der Waals surface area contributed by atoms with Gasteiger partial charge in [-0.1, -0.05) is 6.07 Å². The largest absolute Gasteiger partial charge is 0.489 e. The number of carbonyl (C=O) groups is 1. The molecule has 198 valence electrons. The summed E-state index contributed by atoms with van der Waals surface area (Å²) in [5.41, 5.74) is 0.598. The van der Waals surface area contributed by atoms with Crippen LogP contribution in [0.3, 0.4) is 0 Å². The predicted molar refractivity (Wildman–Crippen MR) is 119 cm³/mol. The van der Waals surface area contributed by atoms with E-state index in [1.165, 1.54) is 37.1 Å². The van der Waals surface area contributed by atoms with Crippen LogP contribution in [0.1, 0.15) is 57.4 Å². The molecule has 1 amide bonds. The number of aryl methyl sites for hydroxylation is 1. The van der Waals surface area contributed by atoms with Gasteiger partial charge in [0.05, 0.1) is 6.42 Å². The Morgan fingerprint density at radius 1 is 1.23 bits per heavy atom. The second-order valence-electron chi connectivity index (χ2n) is 9.51. The maximum atomic E-state index is 13.6. The van der Waals surface area contributed by atoms with Crippen molar-refractivity contribution in [3.05, 3.63) is 23.8 Å². The topological polar surface area (TPSA) is 66.9 Å². The van der Waals surface area contributed by atoms with E-state index < -0.39 is 52.6 Å². The molecular weight excluding hydrogens is 495 g/mol. The van der Waals surface area contributed by atoms with Crippen LogP contribution in [-0.4, -0.2) is 67.4 Å². The fourth-order valence-electron chi connectivity index (χ4n) is 4.73. The van der Waals surface area contributed by atoms with Gasteiger partial charge in [-0.15, -0.1) is 0 Å². The summed E-state index contributed by atoms with van der Waals surface area (Å²) >= 11 is 0. The maximum Gasteiger partial charge on any atom is 0.392 e. The van der Waals surface area contributed by atoms with Crippen LogP contribution >= 0.6 is 0 Å². The number of halogens is 5. The number of nitrogens with zero attached hydrogens (tertiary/aromatic N) is 2. The molecule has 0 radical (unpaired) electrons. The number of amides is 1. The summed E-state index contributed by atoms with van der Waals surface area (Å²) < 4.78 is 99.1. The van der Waals surface area contributed by atoms with Crippen molar-refractivity contribution < 1.29 is 39.9 Å². The number of alkyl halides is 5. The Morgan fingerprint density at radius 2 is 1.86 bits per heavy atom. The normalized spacial score (nSPS) is 22.7. The third-order valence-corrected chi connectivity index (χ3v) is 8.55. The summed E-state index contributed by atoms with van der Waals surface area (Å²) in [7, 11) is -2.79. The predicted octanol–water partition coefficient (Wildman–Crippen LogP) is 4.90. The molecular formula is C23H31F5N2O4S. The van der Waals surface area contributed by atoms with Gasteiger partial charge in [0.1, 0.15) is 22.8 Å². The molecule has 1 heterocycles. The number of rotatable bonds is 7. The van der Waals surface area contributed by atoms with Crippen LogP contribution in [0.15, 0.2) is 23.1 Å². The number of carbonyl (C=O) groups excluding carboxylic acids is 1. The van der Waals surface area contributed by atoms with Gasteiger partial charge in [0.15, 0.2) is 0 Å². The minimum atomic E-state index is -4.48. The Balaban J connectivity index is 1.83. The lowest BCUT2D eigenvalue weighted by atomic mass is 9.91. The number of ether oxygens (including phenoxy) is 1. The Labute approximate surface area is 202 Å². The van der Waals surface area contributed by atoms with E-state index in [2.05, 4.69) is 0 Å². The Morgan fingerprint density at radius 3 is 2.46 bits per heavy atom. The highest BCUT2D eigenvalue weighted by Crippen LogP contribution is 2.37. The first-order chi connectivity index (χ1) is 16.1. The molecule has 35 heavy (non-hydrogen) atoms. The summed E-state index contributed by atoms with van der Waals surface area (Å²) in [4.78, 5) is 14.3. The van der Waals surface area contributed by atoms with Gasteiger partial charge in [0.25, 0.3) is 0 Å². The summed E-state index contributed by atoms with van der Waals surface area (Å²) in [5.74, 6) is -3.43. The minimum Gasteiger partial charge on any atom is -0.489 e.